The summed E-state index contributed by atoms with van der Waals surface area (Å²) in [5.74, 6) is -0.505. The van der Waals surface area contributed by atoms with Gasteiger partial charge >= 0.3 is 5.97 Å². The molecule has 2 aliphatic rings. The lowest BCUT2D eigenvalue weighted by molar-refractivity contribution is -0.136. The quantitative estimate of drug-likeness (QED) is 0.505. The van der Waals surface area contributed by atoms with Gasteiger partial charge < -0.3 is 19.7 Å². The molecule has 2 aliphatic heterocycles. The molecule has 2 heterocycles. The molecule has 1 N–H and O–H groups in total. The predicted octanol–water partition coefficient (Wildman–Crippen LogP) is 3.29. The van der Waals surface area contributed by atoms with Crippen LogP contribution in [0.25, 0.3) is 0 Å². The standard InChI is InChI=1S/C22H27N3O4S/c1-5-17-19(21(27)29-4)20(15-8-6-7-14(2)11-15)25-16(13-30-22(25)24-17)12-18(26)23-9-10-28-3/h6-8,11,13,20H,5,9-10,12H2,1-4H3,(H,23,26). The Balaban J connectivity index is 2.00. The van der Waals surface area contributed by atoms with Crippen LogP contribution in [0.4, 0.5) is 0 Å². The number of aryl methyl sites for hydroxylation is 1. The molecule has 0 fully saturated rings. The average Bonchev–Trinajstić information content (AvgIpc) is 3.14. The van der Waals surface area contributed by atoms with Crippen molar-refractivity contribution in [3.05, 3.63) is 57.8 Å². The topological polar surface area (TPSA) is 80.2 Å². The zero-order valence-electron chi connectivity index (χ0n) is 17.7. The summed E-state index contributed by atoms with van der Waals surface area (Å²) in [4.78, 5) is 32.0. The number of amides is 1. The number of rotatable bonds is 8. The number of carbonyl (C=O) groups is 2. The number of methoxy groups -OCH3 is 2. The minimum atomic E-state index is -0.401. The number of fused-ring (bicyclic) bond motifs is 1. The van der Waals surface area contributed by atoms with Crippen molar-refractivity contribution >= 4 is 28.8 Å². The summed E-state index contributed by atoms with van der Waals surface area (Å²) in [7, 11) is 2.98. The van der Waals surface area contributed by atoms with Crippen LogP contribution in [0.15, 0.2) is 51.6 Å². The van der Waals surface area contributed by atoms with E-state index in [-0.39, 0.29) is 12.3 Å². The van der Waals surface area contributed by atoms with Gasteiger partial charge in [-0.15, -0.1) is 0 Å². The van der Waals surface area contributed by atoms with E-state index in [1.165, 1.54) is 18.9 Å². The van der Waals surface area contributed by atoms with Gasteiger partial charge in [-0.2, -0.15) is 0 Å². The second kappa shape index (κ2) is 9.95. The molecule has 160 valence electrons. The molecule has 0 aliphatic carbocycles. The van der Waals surface area contributed by atoms with Crippen LogP contribution < -0.4 is 5.32 Å². The molecule has 0 saturated heterocycles. The number of hydrogen-bond acceptors (Lipinski definition) is 7. The van der Waals surface area contributed by atoms with Crippen molar-refractivity contribution < 1.29 is 19.1 Å². The molecule has 0 spiro atoms. The third-order valence-corrected chi connectivity index (χ3v) is 5.85. The number of nitrogens with zero attached hydrogens (tertiary/aromatic N) is 2. The van der Waals surface area contributed by atoms with Gasteiger partial charge in [0, 0.05) is 19.4 Å². The molecule has 0 saturated carbocycles. The van der Waals surface area contributed by atoms with Crippen molar-refractivity contribution in [3.63, 3.8) is 0 Å². The van der Waals surface area contributed by atoms with E-state index in [1.807, 2.05) is 42.4 Å². The van der Waals surface area contributed by atoms with E-state index < -0.39 is 12.0 Å². The number of ether oxygens (including phenoxy) is 2. The highest BCUT2D eigenvalue weighted by molar-refractivity contribution is 8.16. The third-order valence-electron chi connectivity index (χ3n) is 4.96. The molecule has 0 aromatic heterocycles. The van der Waals surface area contributed by atoms with E-state index >= 15 is 0 Å². The van der Waals surface area contributed by atoms with Crippen LogP contribution in [0.3, 0.4) is 0 Å². The summed E-state index contributed by atoms with van der Waals surface area (Å²) in [6.07, 6.45) is 0.797. The van der Waals surface area contributed by atoms with Gasteiger partial charge in [-0.05, 0) is 24.3 Å². The zero-order valence-corrected chi connectivity index (χ0v) is 18.5. The number of carbonyl (C=O) groups excluding carboxylic acids is 2. The van der Waals surface area contributed by atoms with Crippen molar-refractivity contribution in [2.75, 3.05) is 27.4 Å². The molecule has 1 amide bonds. The molecule has 1 unspecified atom stereocenters. The molecule has 7 nitrogen and oxygen atoms in total. The van der Waals surface area contributed by atoms with Gasteiger partial charge in [0.2, 0.25) is 5.91 Å². The number of allylic oxidation sites excluding steroid dienone is 1. The van der Waals surface area contributed by atoms with Crippen molar-refractivity contribution in [1.29, 1.82) is 0 Å². The van der Waals surface area contributed by atoms with Gasteiger partial charge in [-0.25, -0.2) is 9.79 Å². The van der Waals surface area contributed by atoms with Crippen LogP contribution in [0.2, 0.25) is 0 Å². The maximum atomic E-state index is 12.8. The van der Waals surface area contributed by atoms with Gasteiger partial charge in [-0.3, -0.25) is 4.79 Å². The number of aliphatic imine (C=N–C) groups is 1. The zero-order chi connectivity index (χ0) is 21.7. The smallest absolute Gasteiger partial charge is 0.338 e. The third kappa shape index (κ3) is 4.60. The largest absolute Gasteiger partial charge is 0.466 e. The minimum Gasteiger partial charge on any atom is -0.466 e. The number of hydrogen-bond donors (Lipinski definition) is 1. The first-order valence-corrected chi connectivity index (χ1v) is 10.7. The number of amidine groups is 1. The molecule has 3 rings (SSSR count). The Morgan fingerprint density at radius 2 is 2.10 bits per heavy atom. The van der Waals surface area contributed by atoms with Gasteiger partial charge in [0.05, 0.1) is 37.4 Å². The normalized spacial score (nSPS) is 18.0. The van der Waals surface area contributed by atoms with Crippen LogP contribution in [0.5, 0.6) is 0 Å². The SMILES string of the molecule is CCC1=C(C(=O)OC)C(c2cccc(C)c2)N2C(CC(=O)NCCOC)=CSC2=N1. The van der Waals surface area contributed by atoms with Crippen LogP contribution in [-0.2, 0) is 19.1 Å². The lowest BCUT2D eigenvalue weighted by Crippen LogP contribution is -2.38. The van der Waals surface area contributed by atoms with Crippen molar-refractivity contribution in [1.82, 2.24) is 10.2 Å². The number of esters is 1. The minimum absolute atomic E-state index is 0.104. The van der Waals surface area contributed by atoms with Crippen molar-refractivity contribution in [2.45, 2.75) is 32.7 Å². The highest BCUT2D eigenvalue weighted by atomic mass is 32.2. The fraction of sp³-hybridized carbons (Fsp3) is 0.409. The van der Waals surface area contributed by atoms with Gasteiger partial charge in [0.15, 0.2) is 5.17 Å². The Labute approximate surface area is 181 Å². The summed E-state index contributed by atoms with van der Waals surface area (Å²) < 4.78 is 10.1. The summed E-state index contributed by atoms with van der Waals surface area (Å²) in [6, 6.07) is 7.65. The molecular formula is C22H27N3O4S. The fourth-order valence-electron chi connectivity index (χ4n) is 3.59. The van der Waals surface area contributed by atoms with Crippen LogP contribution in [0.1, 0.15) is 36.9 Å². The Morgan fingerprint density at radius 1 is 1.30 bits per heavy atom. The molecule has 1 atom stereocenters. The number of benzene rings is 1. The van der Waals surface area contributed by atoms with E-state index in [2.05, 4.69) is 11.4 Å². The lowest BCUT2D eigenvalue weighted by Gasteiger charge is -2.36. The van der Waals surface area contributed by atoms with Crippen molar-refractivity contribution in [2.24, 2.45) is 4.99 Å². The van der Waals surface area contributed by atoms with E-state index in [4.69, 9.17) is 14.5 Å². The van der Waals surface area contributed by atoms with E-state index in [0.29, 0.717) is 30.8 Å². The Hall–Kier alpha value is -2.58. The van der Waals surface area contributed by atoms with Gasteiger partial charge in [0.1, 0.15) is 0 Å². The lowest BCUT2D eigenvalue weighted by atomic mass is 9.92. The van der Waals surface area contributed by atoms with E-state index in [9.17, 15) is 9.59 Å². The molecule has 30 heavy (non-hydrogen) atoms. The molecular weight excluding hydrogens is 402 g/mol. The summed E-state index contributed by atoms with van der Waals surface area (Å²) >= 11 is 1.47. The first-order valence-electron chi connectivity index (χ1n) is 9.87. The second-order valence-electron chi connectivity index (χ2n) is 7.03. The summed E-state index contributed by atoms with van der Waals surface area (Å²) in [5, 5.41) is 5.56. The highest BCUT2D eigenvalue weighted by Gasteiger charge is 2.41. The molecule has 1 aromatic rings. The predicted molar refractivity (Wildman–Crippen MR) is 118 cm³/mol. The number of nitrogens with one attached hydrogen (secondary N) is 1. The summed E-state index contributed by atoms with van der Waals surface area (Å²) in [5.41, 5.74) is 4.08. The maximum Gasteiger partial charge on any atom is 0.338 e. The Morgan fingerprint density at radius 3 is 2.77 bits per heavy atom. The Bertz CT molecular complexity index is 923. The number of thioether (sulfide) groups is 1. The maximum absolute atomic E-state index is 12.8. The first kappa shape index (κ1) is 22.1. The Kier molecular flexibility index (Phi) is 7.33. The monoisotopic (exact) mass is 429 g/mol. The second-order valence-corrected chi connectivity index (χ2v) is 7.87. The van der Waals surface area contributed by atoms with Gasteiger partial charge in [0.25, 0.3) is 0 Å². The van der Waals surface area contributed by atoms with Gasteiger partial charge in [-0.1, -0.05) is 48.5 Å². The fourth-order valence-corrected chi connectivity index (χ4v) is 4.52. The summed E-state index contributed by atoms with van der Waals surface area (Å²) in [6.45, 7) is 4.90. The molecule has 1 aromatic carbocycles. The average molecular weight is 430 g/mol. The first-order chi connectivity index (χ1) is 14.5. The van der Waals surface area contributed by atoms with Crippen molar-refractivity contribution in [3.8, 4) is 0 Å². The highest BCUT2D eigenvalue weighted by Crippen LogP contribution is 2.45. The van der Waals surface area contributed by atoms with E-state index in [0.717, 1.165) is 22.0 Å². The van der Waals surface area contributed by atoms with Crippen LogP contribution in [0, 0.1) is 6.92 Å². The van der Waals surface area contributed by atoms with Crippen LogP contribution in [-0.4, -0.2) is 49.3 Å². The molecule has 8 heteroatoms. The van der Waals surface area contributed by atoms with E-state index in [1.54, 1.807) is 7.11 Å². The molecule has 0 bridgehead atoms. The van der Waals surface area contributed by atoms with Crippen LogP contribution >= 0.6 is 11.8 Å². The molecule has 0 radical (unpaired) electrons.